The van der Waals surface area contributed by atoms with Gasteiger partial charge in [0.25, 0.3) is 0 Å². The summed E-state index contributed by atoms with van der Waals surface area (Å²) >= 11 is 0. The molecule has 0 fully saturated rings. The molecule has 94 valence electrons. The molecule has 1 aliphatic heterocycles. The number of nitrogens with one attached hydrogen (secondary N) is 1. The van der Waals surface area contributed by atoms with Crippen LogP contribution in [-0.2, 0) is 10.0 Å². The van der Waals surface area contributed by atoms with E-state index in [-0.39, 0.29) is 5.75 Å². The average Bonchev–Trinajstić information content (AvgIpc) is 2.30. The van der Waals surface area contributed by atoms with E-state index in [4.69, 9.17) is 15.2 Å². The molecule has 0 aromatic heterocycles. The van der Waals surface area contributed by atoms with Crippen LogP contribution in [0.4, 0.5) is 11.4 Å². The van der Waals surface area contributed by atoms with Crippen LogP contribution in [0.1, 0.15) is 6.92 Å². The van der Waals surface area contributed by atoms with Crippen molar-refractivity contribution in [2.45, 2.75) is 6.92 Å². The summed E-state index contributed by atoms with van der Waals surface area (Å²) in [5, 5.41) is 0. The first kappa shape index (κ1) is 11.8. The molecule has 1 heterocycles. The standard InChI is InChI=1S/C10H14N2O4S/c1-2-17(13,14)12-8-6-10-9(5-7(8)11)15-3-4-16-10/h5-6,12H,2-4,11H2,1H3. The minimum absolute atomic E-state index is 0.0130. The lowest BCUT2D eigenvalue weighted by molar-refractivity contribution is 0.172. The highest BCUT2D eigenvalue weighted by atomic mass is 32.2. The summed E-state index contributed by atoms with van der Waals surface area (Å²) < 4.78 is 36.0. The molecular formula is C10H14N2O4S. The van der Waals surface area contributed by atoms with Gasteiger partial charge >= 0.3 is 0 Å². The van der Waals surface area contributed by atoms with Gasteiger partial charge in [0.05, 0.1) is 17.1 Å². The lowest BCUT2D eigenvalue weighted by Gasteiger charge is -2.20. The number of fused-ring (bicyclic) bond motifs is 1. The molecule has 0 bridgehead atoms. The number of ether oxygens (including phenoxy) is 2. The van der Waals surface area contributed by atoms with E-state index in [1.165, 1.54) is 6.07 Å². The highest BCUT2D eigenvalue weighted by molar-refractivity contribution is 7.92. The van der Waals surface area contributed by atoms with Gasteiger partial charge in [-0.2, -0.15) is 0 Å². The summed E-state index contributed by atoms with van der Waals surface area (Å²) in [5.41, 5.74) is 6.37. The fourth-order valence-electron chi connectivity index (χ4n) is 1.43. The molecule has 0 saturated heterocycles. The van der Waals surface area contributed by atoms with E-state index < -0.39 is 10.0 Å². The fourth-order valence-corrected chi connectivity index (χ4v) is 2.09. The third kappa shape index (κ3) is 2.55. The molecule has 1 aromatic carbocycles. The van der Waals surface area contributed by atoms with E-state index in [0.29, 0.717) is 36.1 Å². The van der Waals surface area contributed by atoms with Crippen molar-refractivity contribution in [3.8, 4) is 11.5 Å². The van der Waals surface area contributed by atoms with Crippen LogP contribution in [0.25, 0.3) is 0 Å². The summed E-state index contributed by atoms with van der Waals surface area (Å²) in [4.78, 5) is 0. The summed E-state index contributed by atoms with van der Waals surface area (Å²) in [5.74, 6) is 1.02. The number of rotatable bonds is 3. The Morgan fingerprint density at radius 1 is 1.29 bits per heavy atom. The topological polar surface area (TPSA) is 90.7 Å². The molecule has 0 saturated carbocycles. The number of hydrogen-bond donors (Lipinski definition) is 2. The zero-order chi connectivity index (χ0) is 12.5. The van der Waals surface area contributed by atoms with E-state index in [2.05, 4.69) is 4.72 Å². The minimum atomic E-state index is -3.35. The first-order valence-electron chi connectivity index (χ1n) is 5.21. The second-order valence-corrected chi connectivity index (χ2v) is 5.60. The lowest BCUT2D eigenvalue weighted by Crippen LogP contribution is -2.18. The van der Waals surface area contributed by atoms with E-state index >= 15 is 0 Å². The van der Waals surface area contributed by atoms with Gasteiger partial charge in [0, 0.05) is 12.1 Å². The Morgan fingerprint density at radius 3 is 2.47 bits per heavy atom. The van der Waals surface area contributed by atoms with E-state index in [1.807, 2.05) is 0 Å². The van der Waals surface area contributed by atoms with Gasteiger partial charge in [0.15, 0.2) is 11.5 Å². The summed E-state index contributed by atoms with van der Waals surface area (Å²) in [7, 11) is -3.35. The Morgan fingerprint density at radius 2 is 1.88 bits per heavy atom. The molecular weight excluding hydrogens is 244 g/mol. The molecule has 17 heavy (non-hydrogen) atoms. The molecule has 0 spiro atoms. The van der Waals surface area contributed by atoms with Crippen LogP contribution in [0, 0.1) is 0 Å². The van der Waals surface area contributed by atoms with Gasteiger partial charge in [0.1, 0.15) is 13.2 Å². The molecule has 7 heteroatoms. The molecule has 3 N–H and O–H groups in total. The van der Waals surface area contributed by atoms with Crippen LogP contribution in [0.5, 0.6) is 11.5 Å². The van der Waals surface area contributed by atoms with Crippen LogP contribution >= 0.6 is 0 Å². The van der Waals surface area contributed by atoms with Gasteiger partial charge < -0.3 is 15.2 Å². The second kappa shape index (κ2) is 4.33. The van der Waals surface area contributed by atoms with Crippen LogP contribution in [-0.4, -0.2) is 27.4 Å². The molecule has 0 aliphatic carbocycles. The van der Waals surface area contributed by atoms with Crippen molar-refractivity contribution in [2.24, 2.45) is 0 Å². The second-order valence-electron chi connectivity index (χ2n) is 3.59. The van der Waals surface area contributed by atoms with Crippen LogP contribution in [0.2, 0.25) is 0 Å². The molecule has 0 atom stereocenters. The maximum Gasteiger partial charge on any atom is 0.232 e. The first-order valence-corrected chi connectivity index (χ1v) is 6.86. The van der Waals surface area contributed by atoms with Crippen molar-refractivity contribution >= 4 is 21.4 Å². The zero-order valence-electron chi connectivity index (χ0n) is 9.39. The number of sulfonamides is 1. The number of hydrogen-bond acceptors (Lipinski definition) is 5. The Kier molecular flexibility index (Phi) is 3.01. The Bertz CT molecular complexity index is 527. The van der Waals surface area contributed by atoms with Crippen molar-refractivity contribution < 1.29 is 17.9 Å². The quantitative estimate of drug-likeness (QED) is 0.783. The number of anilines is 2. The summed E-state index contributed by atoms with van der Waals surface area (Å²) in [6.45, 7) is 2.46. The van der Waals surface area contributed by atoms with Gasteiger partial charge in [0.2, 0.25) is 10.0 Å². The maximum atomic E-state index is 11.5. The van der Waals surface area contributed by atoms with Crippen LogP contribution in [0.15, 0.2) is 12.1 Å². The normalized spacial score (nSPS) is 14.4. The van der Waals surface area contributed by atoms with Crippen LogP contribution in [0.3, 0.4) is 0 Å². The van der Waals surface area contributed by atoms with Gasteiger partial charge in [-0.3, -0.25) is 4.72 Å². The number of nitrogen functional groups attached to an aromatic ring is 1. The van der Waals surface area contributed by atoms with Gasteiger partial charge in [-0.05, 0) is 6.92 Å². The SMILES string of the molecule is CCS(=O)(=O)Nc1cc2c(cc1N)OCCO2. The molecule has 1 aromatic rings. The minimum Gasteiger partial charge on any atom is -0.486 e. The lowest BCUT2D eigenvalue weighted by atomic mass is 10.2. The largest absolute Gasteiger partial charge is 0.486 e. The highest BCUT2D eigenvalue weighted by Crippen LogP contribution is 2.37. The first-order chi connectivity index (χ1) is 8.02. The van der Waals surface area contributed by atoms with Gasteiger partial charge in [-0.1, -0.05) is 0 Å². The summed E-state index contributed by atoms with van der Waals surface area (Å²) in [6.07, 6.45) is 0. The molecule has 6 nitrogen and oxygen atoms in total. The van der Waals surface area contributed by atoms with E-state index in [9.17, 15) is 8.42 Å². The monoisotopic (exact) mass is 258 g/mol. The molecule has 0 unspecified atom stereocenters. The smallest absolute Gasteiger partial charge is 0.232 e. The highest BCUT2D eigenvalue weighted by Gasteiger charge is 2.17. The summed E-state index contributed by atoms with van der Waals surface area (Å²) in [6, 6.07) is 3.10. The van der Waals surface area contributed by atoms with Crippen molar-refractivity contribution in [1.82, 2.24) is 0 Å². The maximum absolute atomic E-state index is 11.5. The third-order valence-corrected chi connectivity index (χ3v) is 3.65. The van der Waals surface area contributed by atoms with Crippen molar-refractivity contribution in [3.63, 3.8) is 0 Å². The van der Waals surface area contributed by atoms with E-state index in [0.717, 1.165) is 0 Å². The van der Waals surface area contributed by atoms with Gasteiger partial charge in [-0.25, -0.2) is 8.42 Å². The van der Waals surface area contributed by atoms with E-state index in [1.54, 1.807) is 13.0 Å². The van der Waals surface area contributed by atoms with Crippen molar-refractivity contribution in [1.29, 1.82) is 0 Å². The fraction of sp³-hybridized carbons (Fsp3) is 0.400. The van der Waals surface area contributed by atoms with Gasteiger partial charge in [-0.15, -0.1) is 0 Å². The van der Waals surface area contributed by atoms with Crippen molar-refractivity contribution in [3.05, 3.63) is 12.1 Å². The van der Waals surface area contributed by atoms with Crippen molar-refractivity contribution in [2.75, 3.05) is 29.4 Å². The number of nitrogens with two attached hydrogens (primary N) is 1. The molecule has 1 aliphatic rings. The average molecular weight is 258 g/mol. The Labute approximate surface area is 99.8 Å². The predicted octanol–water partition coefficient (Wildman–Crippen LogP) is 0.802. The number of benzene rings is 1. The third-order valence-electron chi connectivity index (χ3n) is 2.36. The molecule has 0 amide bonds. The zero-order valence-corrected chi connectivity index (χ0v) is 10.2. The Balaban J connectivity index is 2.35. The Hall–Kier alpha value is -1.63. The van der Waals surface area contributed by atoms with Crippen LogP contribution < -0.4 is 19.9 Å². The predicted molar refractivity (Wildman–Crippen MR) is 64.9 cm³/mol. The molecule has 0 radical (unpaired) electrons. The molecule has 2 rings (SSSR count).